The van der Waals surface area contributed by atoms with Crippen molar-refractivity contribution in [1.82, 2.24) is 24.7 Å². The number of nitrogens with zero attached hydrogens (tertiary/aromatic N) is 4. The molecule has 0 unspecified atom stereocenters. The predicted molar refractivity (Wildman–Crippen MR) is 79.6 cm³/mol. The quantitative estimate of drug-likeness (QED) is 0.611. The number of hydrogen-bond acceptors (Lipinski definition) is 5. The number of benzene rings is 1. The van der Waals surface area contributed by atoms with Gasteiger partial charge in [-0.05, 0) is 18.2 Å². The Labute approximate surface area is 138 Å². The Morgan fingerprint density at radius 1 is 1.28 bits per heavy atom. The lowest BCUT2D eigenvalue weighted by Crippen LogP contribution is -2.17. The number of aromatic amines is 1. The summed E-state index contributed by atoms with van der Waals surface area (Å²) in [4.78, 5) is 11.1. The van der Waals surface area contributed by atoms with Crippen LogP contribution < -0.4 is 4.74 Å². The molecule has 0 fully saturated rings. The van der Waals surface area contributed by atoms with E-state index < -0.39 is 6.36 Å². The molecule has 128 valence electrons. The molecular weight excluding hydrogens is 339 g/mol. The van der Waals surface area contributed by atoms with Crippen LogP contribution in [0.5, 0.6) is 5.75 Å². The van der Waals surface area contributed by atoms with Crippen LogP contribution in [0.15, 0.2) is 47.5 Å². The van der Waals surface area contributed by atoms with E-state index in [1.165, 1.54) is 18.2 Å². The summed E-state index contributed by atoms with van der Waals surface area (Å²) in [5, 5.41) is 4.12. The fourth-order valence-electron chi connectivity index (χ4n) is 2.43. The molecule has 0 atom stereocenters. The van der Waals surface area contributed by atoms with Gasteiger partial charge < -0.3 is 18.8 Å². The number of alkyl halides is 3. The molecule has 0 amide bonds. The van der Waals surface area contributed by atoms with Gasteiger partial charge in [-0.25, -0.2) is 4.98 Å². The summed E-state index contributed by atoms with van der Waals surface area (Å²) in [7, 11) is 0. The van der Waals surface area contributed by atoms with E-state index in [0.717, 1.165) is 0 Å². The third kappa shape index (κ3) is 3.18. The number of ether oxygens (including phenoxy) is 1. The maximum atomic E-state index is 12.5. The maximum Gasteiger partial charge on any atom is 0.573 e. The number of fused-ring (bicyclic) bond motifs is 1. The number of hydrogen-bond donors (Lipinski definition) is 1. The van der Waals surface area contributed by atoms with E-state index >= 15 is 0 Å². The van der Waals surface area contributed by atoms with Crippen molar-refractivity contribution in [3.8, 4) is 17.3 Å². The first-order valence-corrected chi connectivity index (χ1v) is 7.14. The fourth-order valence-corrected chi connectivity index (χ4v) is 2.43. The second kappa shape index (κ2) is 5.65. The molecule has 0 saturated carbocycles. The smallest absolute Gasteiger partial charge is 0.405 e. The summed E-state index contributed by atoms with van der Waals surface area (Å²) in [6.45, 7) is 0.367. The average molecular weight is 349 g/mol. The van der Waals surface area contributed by atoms with Gasteiger partial charge in [-0.3, -0.25) is 0 Å². The number of H-pyrrole nitrogens is 1. The van der Waals surface area contributed by atoms with Crippen LogP contribution >= 0.6 is 0 Å². The molecule has 0 aliphatic rings. The van der Waals surface area contributed by atoms with Gasteiger partial charge in [-0.1, -0.05) is 11.2 Å². The van der Waals surface area contributed by atoms with Gasteiger partial charge in [0.25, 0.3) is 5.89 Å². The summed E-state index contributed by atoms with van der Waals surface area (Å²) < 4.78 is 48.5. The molecule has 10 heteroatoms. The first-order chi connectivity index (χ1) is 12.0. The van der Waals surface area contributed by atoms with Gasteiger partial charge in [-0.2, -0.15) is 4.98 Å². The largest absolute Gasteiger partial charge is 0.573 e. The highest BCUT2D eigenvalue weighted by molar-refractivity contribution is 5.89. The predicted octanol–water partition coefficient (Wildman–Crippen LogP) is 3.36. The number of imidazole rings is 1. The molecular formula is C15H10F3N5O2. The minimum Gasteiger partial charge on any atom is -0.405 e. The van der Waals surface area contributed by atoms with Gasteiger partial charge in [0, 0.05) is 23.3 Å². The van der Waals surface area contributed by atoms with Crippen molar-refractivity contribution in [3.05, 3.63) is 48.8 Å². The minimum absolute atomic E-state index is 0.171. The summed E-state index contributed by atoms with van der Waals surface area (Å²) in [5.74, 6) is 0.286. The van der Waals surface area contributed by atoms with Crippen molar-refractivity contribution in [1.29, 1.82) is 0 Å². The van der Waals surface area contributed by atoms with Crippen LogP contribution in [0.4, 0.5) is 13.2 Å². The van der Waals surface area contributed by atoms with Crippen molar-refractivity contribution < 1.29 is 22.4 Å². The zero-order valence-electron chi connectivity index (χ0n) is 12.5. The van der Waals surface area contributed by atoms with Gasteiger partial charge in [0.1, 0.15) is 11.4 Å². The van der Waals surface area contributed by atoms with Crippen LogP contribution in [0.25, 0.3) is 22.5 Å². The van der Waals surface area contributed by atoms with E-state index in [4.69, 9.17) is 4.52 Å². The summed E-state index contributed by atoms with van der Waals surface area (Å²) in [6.07, 6.45) is 0.217. The monoisotopic (exact) mass is 349 g/mol. The molecule has 7 nitrogen and oxygen atoms in total. The fraction of sp³-hybridized carbons (Fsp3) is 0.133. The minimum atomic E-state index is -4.77. The lowest BCUT2D eigenvalue weighted by Gasteiger charge is -2.09. The van der Waals surface area contributed by atoms with Crippen molar-refractivity contribution in [2.24, 2.45) is 0 Å². The van der Waals surface area contributed by atoms with Gasteiger partial charge in [-0.15, -0.1) is 13.2 Å². The average Bonchev–Trinajstić information content (AvgIpc) is 3.25. The van der Waals surface area contributed by atoms with Crippen LogP contribution in [0.1, 0.15) is 5.82 Å². The van der Waals surface area contributed by atoms with Gasteiger partial charge in [0.05, 0.1) is 12.9 Å². The third-order valence-corrected chi connectivity index (χ3v) is 3.43. The highest BCUT2D eigenvalue weighted by Crippen LogP contribution is 2.33. The molecule has 4 rings (SSSR count). The standard InChI is InChI=1S/C15H10F3N5O2/c16-15(17,18)24-12-3-1-2-10-9(12)6-11(20-10)14-21-13(22-25-14)7-23-5-4-19-8-23/h1-6,8,20H,7H2. The first-order valence-electron chi connectivity index (χ1n) is 7.14. The first kappa shape index (κ1) is 15.2. The molecule has 4 aromatic rings. The van der Waals surface area contributed by atoms with Crippen LogP contribution in [0, 0.1) is 0 Å². The molecule has 1 N–H and O–H groups in total. The van der Waals surface area contributed by atoms with Crippen molar-refractivity contribution in [3.63, 3.8) is 0 Å². The Morgan fingerprint density at radius 3 is 2.92 bits per heavy atom. The van der Waals surface area contributed by atoms with E-state index in [0.29, 0.717) is 23.6 Å². The zero-order valence-corrected chi connectivity index (χ0v) is 12.5. The number of aromatic nitrogens is 5. The van der Waals surface area contributed by atoms with E-state index in [-0.39, 0.29) is 17.0 Å². The van der Waals surface area contributed by atoms with Crippen LogP contribution in [-0.2, 0) is 6.54 Å². The molecule has 25 heavy (non-hydrogen) atoms. The second-order valence-electron chi connectivity index (χ2n) is 5.20. The van der Waals surface area contributed by atoms with Crippen molar-refractivity contribution in [2.75, 3.05) is 0 Å². The van der Waals surface area contributed by atoms with Gasteiger partial charge in [0.2, 0.25) is 0 Å². The molecule has 0 radical (unpaired) electrons. The van der Waals surface area contributed by atoms with E-state index in [1.54, 1.807) is 29.4 Å². The summed E-state index contributed by atoms with van der Waals surface area (Å²) in [6, 6.07) is 5.81. The number of rotatable bonds is 4. The van der Waals surface area contributed by atoms with E-state index in [2.05, 4.69) is 24.8 Å². The topological polar surface area (TPSA) is 81.8 Å². The third-order valence-electron chi connectivity index (χ3n) is 3.43. The molecule has 3 heterocycles. The maximum absolute atomic E-state index is 12.5. The SMILES string of the molecule is FC(F)(F)Oc1cccc2[nH]c(-c3nc(Cn4ccnc4)no3)cc12. The second-order valence-corrected chi connectivity index (χ2v) is 5.20. The van der Waals surface area contributed by atoms with Gasteiger partial charge >= 0.3 is 6.36 Å². The molecule has 0 spiro atoms. The Hall–Kier alpha value is -3.30. The number of nitrogens with one attached hydrogen (secondary N) is 1. The molecule has 0 saturated heterocycles. The summed E-state index contributed by atoms with van der Waals surface area (Å²) in [5.41, 5.74) is 0.865. The molecule has 1 aromatic carbocycles. The molecule has 0 bridgehead atoms. The van der Waals surface area contributed by atoms with Gasteiger partial charge in [0.15, 0.2) is 5.82 Å². The van der Waals surface area contributed by atoms with Crippen LogP contribution in [0.2, 0.25) is 0 Å². The van der Waals surface area contributed by atoms with Crippen molar-refractivity contribution >= 4 is 10.9 Å². The Bertz CT molecular complexity index is 1000. The van der Waals surface area contributed by atoms with E-state index in [1.807, 2.05) is 0 Å². The molecule has 3 aromatic heterocycles. The lowest BCUT2D eigenvalue weighted by molar-refractivity contribution is -0.274. The lowest BCUT2D eigenvalue weighted by atomic mass is 10.2. The zero-order chi connectivity index (χ0) is 17.4. The number of halogens is 3. The normalized spacial score (nSPS) is 12.0. The Balaban J connectivity index is 1.66. The summed E-state index contributed by atoms with van der Waals surface area (Å²) >= 11 is 0. The molecule has 0 aliphatic heterocycles. The highest BCUT2D eigenvalue weighted by atomic mass is 19.4. The van der Waals surface area contributed by atoms with Crippen LogP contribution in [0.3, 0.4) is 0 Å². The van der Waals surface area contributed by atoms with Crippen molar-refractivity contribution in [2.45, 2.75) is 12.9 Å². The molecule has 0 aliphatic carbocycles. The van der Waals surface area contributed by atoms with Crippen LogP contribution in [-0.4, -0.2) is 31.0 Å². The van der Waals surface area contributed by atoms with E-state index in [9.17, 15) is 13.2 Å². The highest BCUT2D eigenvalue weighted by Gasteiger charge is 2.32. The Morgan fingerprint density at radius 2 is 2.16 bits per heavy atom. The Kier molecular flexibility index (Phi) is 3.45.